The van der Waals surface area contributed by atoms with Crippen LogP contribution in [0.3, 0.4) is 0 Å². The van der Waals surface area contributed by atoms with E-state index in [0.717, 1.165) is 29.2 Å². The number of benzene rings is 1. The first kappa shape index (κ1) is 16.9. The van der Waals surface area contributed by atoms with Crippen molar-refractivity contribution >= 4 is 0 Å². The van der Waals surface area contributed by atoms with Gasteiger partial charge in [0.1, 0.15) is 17.2 Å². The highest BCUT2D eigenvalue weighted by Gasteiger charge is 2.20. The normalized spacial score (nSPS) is 13.8. The monoisotopic (exact) mass is 333 g/mol. The number of nitrogens with zero attached hydrogens (tertiary/aromatic N) is 3. The molecule has 1 N–H and O–H groups in total. The van der Waals surface area contributed by atoms with E-state index < -0.39 is 5.67 Å². The summed E-state index contributed by atoms with van der Waals surface area (Å²) >= 11 is 0. The minimum absolute atomic E-state index is 0.109. The van der Waals surface area contributed by atoms with Gasteiger partial charge in [-0.15, -0.1) is 0 Å². The third-order valence-corrected chi connectivity index (χ3v) is 4.14. The van der Waals surface area contributed by atoms with Crippen molar-refractivity contribution in [3.8, 4) is 11.4 Å². The summed E-state index contributed by atoms with van der Waals surface area (Å²) in [5.74, 6) is 2.37. The van der Waals surface area contributed by atoms with E-state index in [4.69, 9.17) is 9.84 Å². The first-order chi connectivity index (χ1) is 11.5. The fourth-order valence-electron chi connectivity index (χ4n) is 2.82. The van der Waals surface area contributed by atoms with E-state index in [0.29, 0.717) is 38.1 Å². The maximum absolute atomic E-state index is 13.9. The van der Waals surface area contributed by atoms with Gasteiger partial charge in [0.15, 0.2) is 5.82 Å². The molecule has 0 saturated heterocycles. The zero-order chi connectivity index (χ0) is 17.2. The summed E-state index contributed by atoms with van der Waals surface area (Å²) in [6.45, 7) is 3.97. The highest BCUT2D eigenvalue weighted by Crippen LogP contribution is 2.28. The van der Waals surface area contributed by atoms with E-state index in [1.54, 1.807) is 18.5 Å². The molecule has 1 aromatic heterocycles. The van der Waals surface area contributed by atoms with Gasteiger partial charge >= 0.3 is 0 Å². The zero-order valence-electron chi connectivity index (χ0n) is 14.3. The van der Waals surface area contributed by atoms with Gasteiger partial charge in [-0.2, -0.15) is 5.10 Å². The van der Waals surface area contributed by atoms with Crippen LogP contribution in [0.1, 0.15) is 43.9 Å². The molecule has 0 radical (unpaired) electrons. The number of aromatic nitrogens is 3. The largest absolute Gasteiger partial charge is 0.493 e. The summed E-state index contributed by atoms with van der Waals surface area (Å²) in [7, 11) is 0. The Morgan fingerprint density at radius 1 is 1.33 bits per heavy atom. The highest BCUT2D eigenvalue weighted by molar-refractivity contribution is 5.46. The van der Waals surface area contributed by atoms with Gasteiger partial charge < -0.3 is 9.84 Å². The van der Waals surface area contributed by atoms with E-state index >= 15 is 0 Å². The molecule has 1 aliphatic heterocycles. The van der Waals surface area contributed by atoms with Crippen LogP contribution in [0.15, 0.2) is 18.2 Å². The second kappa shape index (κ2) is 6.89. The number of hydrogen-bond acceptors (Lipinski definition) is 4. The van der Waals surface area contributed by atoms with Gasteiger partial charge in [0, 0.05) is 25.9 Å². The van der Waals surface area contributed by atoms with Gasteiger partial charge in [0.25, 0.3) is 0 Å². The third-order valence-electron chi connectivity index (χ3n) is 4.14. The molecule has 0 fully saturated rings. The molecule has 2 aromatic rings. The molecule has 0 spiro atoms. The minimum atomic E-state index is -1.24. The van der Waals surface area contributed by atoms with Crippen molar-refractivity contribution in [1.82, 2.24) is 14.8 Å². The van der Waals surface area contributed by atoms with Gasteiger partial charge in [-0.3, -0.25) is 0 Å². The quantitative estimate of drug-likeness (QED) is 0.846. The number of alkyl halides is 1. The SMILES string of the molecule is CC(C)(F)CCc1nc(CCCO)nn1-c1ccc2c(c1)CCO2. The summed E-state index contributed by atoms with van der Waals surface area (Å²) < 4.78 is 21.2. The molecule has 0 saturated carbocycles. The Bertz CT molecular complexity index is 707. The Labute approximate surface area is 141 Å². The zero-order valence-corrected chi connectivity index (χ0v) is 14.3. The summed E-state index contributed by atoms with van der Waals surface area (Å²) in [5.41, 5.74) is 0.846. The predicted octanol–water partition coefficient (Wildman–Crippen LogP) is 2.81. The lowest BCUT2D eigenvalue weighted by Gasteiger charge is -2.13. The molecule has 0 amide bonds. The number of hydrogen-bond donors (Lipinski definition) is 1. The molecule has 1 aromatic carbocycles. The van der Waals surface area contributed by atoms with E-state index in [2.05, 4.69) is 16.1 Å². The number of aliphatic hydroxyl groups excluding tert-OH is 1. The first-order valence-electron chi connectivity index (χ1n) is 8.47. The topological polar surface area (TPSA) is 60.2 Å². The lowest BCUT2D eigenvalue weighted by atomic mass is 10.0. The van der Waals surface area contributed by atoms with Crippen molar-refractivity contribution in [2.45, 2.75) is 51.6 Å². The lowest BCUT2D eigenvalue weighted by molar-refractivity contribution is 0.200. The van der Waals surface area contributed by atoms with Crippen molar-refractivity contribution in [1.29, 1.82) is 0 Å². The summed E-state index contributed by atoms with van der Waals surface area (Å²) in [6, 6.07) is 5.98. The molecular weight excluding hydrogens is 309 g/mol. The molecule has 2 heterocycles. The number of halogens is 1. The molecule has 1 aliphatic rings. The van der Waals surface area contributed by atoms with Crippen molar-refractivity contribution in [2.75, 3.05) is 13.2 Å². The lowest BCUT2D eigenvalue weighted by Crippen LogP contribution is -2.15. The van der Waals surface area contributed by atoms with E-state index in [1.807, 2.05) is 12.1 Å². The second-order valence-corrected chi connectivity index (χ2v) is 6.79. The Balaban J connectivity index is 1.90. The Hall–Kier alpha value is -1.95. The maximum Gasteiger partial charge on any atom is 0.151 e. The summed E-state index contributed by atoms with van der Waals surface area (Å²) in [6.07, 6.45) is 3.03. The summed E-state index contributed by atoms with van der Waals surface area (Å²) in [4.78, 5) is 4.56. The molecule has 0 atom stereocenters. The van der Waals surface area contributed by atoms with E-state index in [1.165, 1.54) is 0 Å². The van der Waals surface area contributed by atoms with Crippen molar-refractivity contribution < 1.29 is 14.2 Å². The average molecular weight is 333 g/mol. The Morgan fingerprint density at radius 2 is 2.17 bits per heavy atom. The van der Waals surface area contributed by atoms with Gasteiger partial charge in [-0.05, 0) is 50.5 Å². The second-order valence-electron chi connectivity index (χ2n) is 6.79. The number of aliphatic hydroxyl groups is 1. The van der Waals surface area contributed by atoms with Crippen LogP contribution in [-0.2, 0) is 19.3 Å². The van der Waals surface area contributed by atoms with Crippen LogP contribution >= 0.6 is 0 Å². The molecule has 24 heavy (non-hydrogen) atoms. The van der Waals surface area contributed by atoms with E-state index in [9.17, 15) is 4.39 Å². The number of fused-ring (bicyclic) bond motifs is 1. The number of aryl methyl sites for hydroxylation is 2. The van der Waals surface area contributed by atoms with E-state index in [-0.39, 0.29) is 6.61 Å². The standard InChI is InChI=1S/C18H24FN3O2/c1-18(2,19)9-7-17-20-16(4-3-10-23)21-22(17)14-5-6-15-13(12-14)8-11-24-15/h5-6,12,23H,3-4,7-11H2,1-2H3. The fourth-order valence-corrected chi connectivity index (χ4v) is 2.82. The summed E-state index contributed by atoms with van der Waals surface area (Å²) in [5, 5.41) is 13.6. The fraction of sp³-hybridized carbons (Fsp3) is 0.556. The van der Waals surface area contributed by atoms with Crippen molar-refractivity contribution in [3.63, 3.8) is 0 Å². The predicted molar refractivity (Wildman–Crippen MR) is 89.5 cm³/mol. The third kappa shape index (κ3) is 3.93. The molecule has 0 unspecified atom stereocenters. The van der Waals surface area contributed by atoms with Crippen molar-refractivity contribution in [2.24, 2.45) is 0 Å². The van der Waals surface area contributed by atoms with Crippen LogP contribution in [0, 0.1) is 0 Å². The molecular formula is C18H24FN3O2. The van der Waals surface area contributed by atoms with Crippen LogP contribution in [0.25, 0.3) is 5.69 Å². The Kier molecular flexibility index (Phi) is 4.85. The molecule has 0 aliphatic carbocycles. The van der Waals surface area contributed by atoms with Gasteiger partial charge in [-0.1, -0.05) is 0 Å². The van der Waals surface area contributed by atoms with Crippen LogP contribution < -0.4 is 4.74 Å². The van der Waals surface area contributed by atoms with Gasteiger partial charge in [-0.25, -0.2) is 14.1 Å². The van der Waals surface area contributed by atoms with Crippen LogP contribution in [0.5, 0.6) is 5.75 Å². The number of ether oxygens (including phenoxy) is 1. The Morgan fingerprint density at radius 3 is 2.92 bits per heavy atom. The smallest absolute Gasteiger partial charge is 0.151 e. The molecule has 6 heteroatoms. The molecule has 130 valence electrons. The van der Waals surface area contributed by atoms with Gasteiger partial charge in [0.2, 0.25) is 0 Å². The first-order valence-corrected chi connectivity index (χ1v) is 8.47. The highest BCUT2D eigenvalue weighted by atomic mass is 19.1. The van der Waals surface area contributed by atoms with Crippen LogP contribution in [-0.4, -0.2) is 38.8 Å². The van der Waals surface area contributed by atoms with Crippen LogP contribution in [0.4, 0.5) is 4.39 Å². The van der Waals surface area contributed by atoms with Gasteiger partial charge in [0.05, 0.1) is 12.3 Å². The molecule has 3 rings (SSSR count). The molecule has 5 nitrogen and oxygen atoms in total. The van der Waals surface area contributed by atoms with Crippen molar-refractivity contribution in [3.05, 3.63) is 35.4 Å². The van der Waals surface area contributed by atoms with Crippen LogP contribution in [0.2, 0.25) is 0 Å². The maximum atomic E-state index is 13.9. The minimum Gasteiger partial charge on any atom is -0.493 e. The molecule has 0 bridgehead atoms. The average Bonchev–Trinajstić information content (AvgIpc) is 3.16. The number of rotatable bonds is 7.